The van der Waals surface area contributed by atoms with Crippen molar-refractivity contribution in [2.45, 2.75) is 76.9 Å². The lowest BCUT2D eigenvalue weighted by atomic mass is 9.78. The van der Waals surface area contributed by atoms with E-state index in [1.54, 1.807) is 7.05 Å². The standard InChI is InChI=1S/C20H32N2O4/c1-3-4-10-19(23)22(2)21-14-16-15(17-12-13-18(16)26-17)9-7-5-6-8-11-20(24)25/h5,7,14-18H,3-4,6,8-13H2,1-2H3,(H,24,25)/t15-,16-,17-,18+/m1/s1. The van der Waals surface area contributed by atoms with E-state index in [1.807, 2.05) is 6.21 Å². The van der Waals surface area contributed by atoms with E-state index in [2.05, 4.69) is 24.2 Å². The summed E-state index contributed by atoms with van der Waals surface area (Å²) in [6.45, 7) is 2.07. The summed E-state index contributed by atoms with van der Waals surface area (Å²) < 4.78 is 6.06. The van der Waals surface area contributed by atoms with E-state index in [4.69, 9.17) is 9.84 Å². The number of nitrogens with zero attached hydrogens (tertiary/aromatic N) is 2. The van der Waals surface area contributed by atoms with Crippen molar-refractivity contribution in [3.8, 4) is 0 Å². The van der Waals surface area contributed by atoms with E-state index in [0.29, 0.717) is 18.8 Å². The van der Waals surface area contributed by atoms with Crippen molar-refractivity contribution in [3.05, 3.63) is 12.2 Å². The highest BCUT2D eigenvalue weighted by molar-refractivity contribution is 5.77. The number of carbonyl (C=O) groups is 2. The van der Waals surface area contributed by atoms with Crippen molar-refractivity contribution in [2.24, 2.45) is 16.9 Å². The van der Waals surface area contributed by atoms with E-state index in [1.165, 1.54) is 5.01 Å². The van der Waals surface area contributed by atoms with Crippen molar-refractivity contribution in [3.63, 3.8) is 0 Å². The summed E-state index contributed by atoms with van der Waals surface area (Å²) in [4.78, 5) is 22.5. The molecule has 2 bridgehead atoms. The zero-order valence-corrected chi connectivity index (χ0v) is 16.0. The van der Waals surface area contributed by atoms with Gasteiger partial charge in [0.1, 0.15) is 0 Å². The van der Waals surface area contributed by atoms with Gasteiger partial charge in [-0.15, -0.1) is 0 Å². The Labute approximate surface area is 156 Å². The highest BCUT2D eigenvalue weighted by atomic mass is 16.5. The maximum Gasteiger partial charge on any atom is 0.303 e. The number of carboxylic acids is 1. The molecule has 2 heterocycles. The Morgan fingerprint density at radius 3 is 2.69 bits per heavy atom. The second-order valence-electron chi connectivity index (χ2n) is 7.31. The van der Waals surface area contributed by atoms with Gasteiger partial charge in [-0.05, 0) is 44.4 Å². The first-order valence-corrected chi connectivity index (χ1v) is 9.85. The Kier molecular flexibility index (Phi) is 8.29. The number of allylic oxidation sites excluding steroid dienone is 2. The van der Waals surface area contributed by atoms with E-state index in [9.17, 15) is 9.59 Å². The molecule has 0 spiro atoms. The third kappa shape index (κ3) is 5.94. The Morgan fingerprint density at radius 1 is 1.19 bits per heavy atom. The van der Waals surface area contributed by atoms with E-state index >= 15 is 0 Å². The SMILES string of the molecule is CCCCC(=O)N(C)N=C[C@@H]1[C@@H](CC=CCCCC(=O)O)[C@H]2CC[C@@H]1O2. The first kappa shape index (κ1) is 20.6. The zero-order chi connectivity index (χ0) is 18.9. The minimum absolute atomic E-state index is 0.0575. The van der Waals surface area contributed by atoms with Gasteiger partial charge in [0.25, 0.3) is 0 Å². The van der Waals surface area contributed by atoms with Gasteiger partial charge < -0.3 is 9.84 Å². The molecule has 0 aromatic heterocycles. The lowest BCUT2D eigenvalue weighted by Crippen LogP contribution is -2.29. The maximum absolute atomic E-state index is 12.0. The molecule has 4 atom stereocenters. The molecule has 0 unspecified atom stereocenters. The molecule has 1 N–H and O–H groups in total. The highest BCUT2D eigenvalue weighted by Crippen LogP contribution is 2.44. The van der Waals surface area contributed by atoms with Crippen LogP contribution in [0.15, 0.2) is 17.3 Å². The summed E-state index contributed by atoms with van der Waals surface area (Å²) in [5, 5.41) is 14.5. The van der Waals surface area contributed by atoms with Crippen molar-refractivity contribution in [2.75, 3.05) is 7.05 Å². The largest absolute Gasteiger partial charge is 0.481 e. The van der Waals surface area contributed by atoms with E-state index in [0.717, 1.165) is 38.5 Å². The van der Waals surface area contributed by atoms with Crippen LogP contribution in [0.2, 0.25) is 0 Å². The number of hydrazone groups is 1. The summed E-state index contributed by atoms with van der Waals surface area (Å²) in [5.41, 5.74) is 0. The molecule has 6 nitrogen and oxygen atoms in total. The number of carboxylic acid groups (broad SMARTS) is 1. The van der Waals surface area contributed by atoms with E-state index in [-0.39, 0.29) is 30.5 Å². The number of aliphatic carboxylic acids is 1. The van der Waals surface area contributed by atoms with Gasteiger partial charge in [-0.2, -0.15) is 5.10 Å². The first-order chi connectivity index (χ1) is 12.5. The number of rotatable bonds is 11. The summed E-state index contributed by atoms with van der Waals surface area (Å²) in [6, 6.07) is 0. The fourth-order valence-electron chi connectivity index (χ4n) is 3.80. The molecule has 2 aliphatic rings. The topological polar surface area (TPSA) is 79.2 Å². The molecule has 0 aromatic carbocycles. The normalized spacial score (nSPS) is 27.6. The van der Waals surface area contributed by atoms with Crippen LogP contribution in [0.25, 0.3) is 0 Å². The second-order valence-corrected chi connectivity index (χ2v) is 7.31. The lowest BCUT2D eigenvalue weighted by Gasteiger charge is -2.24. The second kappa shape index (κ2) is 10.5. The van der Waals surface area contributed by atoms with Gasteiger partial charge in [-0.3, -0.25) is 9.59 Å². The Balaban J connectivity index is 1.83. The minimum Gasteiger partial charge on any atom is -0.481 e. The zero-order valence-electron chi connectivity index (χ0n) is 16.0. The molecule has 146 valence electrons. The number of ether oxygens (including phenoxy) is 1. The lowest BCUT2D eigenvalue weighted by molar-refractivity contribution is -0.137. The molecule has 26 heavy (non-hydrogen) atoms. The summed E-state index contributed by atoms with van der Waals surface area (Å²) in [6.07, 6.45) is 13.8. The highest BCUT2D eigenvalue weighted by Gasteiger charge is 2.47. The third-order valence-electron chi connectivity index (χ3n) is 5.34. The molecule has 2 rings (SSSR count). The van der Waals surface area contributed by atoms with Crippen LogP contribution in [0.4, 0.5) is 0 Å². The molecule has 6 heteroatoms. The predicted molar refractivity (Wildman–Crippen MR) is 101 cm³/mol. The quantitative estimate of drug-likeness (QED) is 0.263. The average Bonchev–Trinajstić information content (AvgIpc) is 3.21. The van der Waals surface area contributed by atoms with Gasteiger partial charge in [-0.1, -0.05) is 25.5 Å². The molecule has 1 amide bonds. The maximum atomic E-state index is 12.0. The van der Waals surface area contributed by atoms with Crippen LogP contribution in [0.3, 0.4) is 0 Å². The van der Waals surface area contributed by atoms with Crippen molar-refractivity contribution < 1.29 is 19.4 Å². The molecule has 0 saturated carbocycles. The number of hydrogen-bond acceptors (Lipinski definition) is 4. The van der Waals surface area contributed by atoms with Crippen LogP contribution in [0, 0.1) is 11.8 Å². The van der Waals surface area contributed by atoms with Crippen LogP contribution < -0.4 is 0 Å². The third-order valence-corrected chi connectivity index (χ3v) is 5.34. The molecule has 0 radical (unpaired) electrons. The summed E-state index contributed by atoms with van der Waals surface area (Å²) in [7, 11) is 1.72. The van der Waals surface area contributed by atoms with Crippen LogP contribution in [-0.4, -0.2) is 47.5 Å². The fourth-order valence-corrected chi connectivity index (χ4v) is 3.80. The van der Waals surface area contributed by atoms with Crippen LogP contribution in [0.1, 0.15) is 64.7 Å². The minimum atomic E-state index is -0.742. The molecular formula is C20H32N2O4. The summed E-state index contributed by atoms with van der Waals surface area (Å²) in [5.74, 6) is -0.0398. The van der Waals surface area contributed by atoms with Crippen LogP contribution >= 0.6 is 0 Å². The molecular weight excluding hydrogens is 332 g/mol. The average molecular weight is 364 g/mol. The van der Waals surface area contributed by atoms with Gasteiger partial charge in [-0.25, -0.2) is 5.01 Å². The fraction of sp³-hybridized carbons (Fsp3) is 0.750. The number of amides is 1. The number of unbranched alkanes of at least 4 members (excludes halogenated alkanes) is 2. The van der Waals surface area contributed by atoms with Crippen LogP contribution in [-0.2, 0) is 14.3 Å². The molecule has 0 aromatic rings. The number of carbonyl (C=O) groups excluding carboxylic acids is 1. The Bertz CT molecular complexity index is 532. The van der Waals surface area contributed by atoms with Gasteiger partial charge in [0.15, 0.2) is 0 Å². The first-order valence-electron chi connectivity index (χ1n) is 9.85. The van der Waals surface area contributed by atoms with Crippen molar-refractivity contribution in [1.29, 1.82) is 0 Å². The Hall–Kier alpha value is -1.69. The molecule has 0 aliphatic carbocycles. The van der Waals surface area contributed by atoms with Gasteiger partial charge >= 0.3 is 5.97 Å². The Morgan fingerprint density at radius 2 is 1.96 bits per heavy atom. The molecule has 2 aliphatic heterocycles. The van der Waals surface area contributed by atoms with Crippen LogP contribution in [0.5, 0.6) is 0 Å². The van der Waals surface area contributed by atoms with Crippen molar-refractivity contribution >= 4 is 18.1 Å². The van der Waals surface area contributed by atoms with Crippen molar-refractivity contribution in [1.82, 2.24) is 5.01 Å². The molecule has 2 fully saturated rings. The van der Waals surface area contributed by atoms with Gasteiger partial charge in [0, 0.05) is 32.0 Å². The molecule has 2 saturated heterocycles. The summed E-state index contributed by atoms with van der Waals surface area (Å²) >= 11 is 0. The van der Waals surface area contributed by atoms with E-state index < -0.39 is 5.97 Å². The smallest absolute Gasteiger partial charge is 0.303 e. The number of fused-ring (bicyclic) bond motifs is 2. The van der Waals surface area contributed by atoms with Gasteiger partial charge in [0.2, 0.25) is 5.91 Å². The predicted octanol–water partition coefficient (Wildman–Crippen LogP) is 3.62. The monoisotopic (exact) mass is 364 g/mol. The number of hydrogen-bond donors (Lipinski definition) is 1. The van der Waals surface area contributed by atoms with Gasteiger partial charge in [0.05, 0.1) is 12.2 Å².